The highest BCUT2D eigenvalue weighted by atomic mass is 32.1. The second-order valence-corrected chi connectivity index (χ2v) is 6.89. The second-order valence-electron chi connectivity index (χ2n) is 6.03. The Bertz CT molecular complexity index is 818. The summed E-state index contributed by atoms with van der Waals surface area (Å²) in [7, 11) is 0. The smallest absolute Gasteiger partial charge is 0.358 e. The van der Waals surface area contributed by atoms with Gasteiger partial charge in [-0.15, -0.1) is 17.9 Å². The molecule has 0 spiro atoms. The minimum Gasteiger partial charge on any atom is -0.448 e. The summed E-state index contributed by atoms with van der Waals surface area (Å²) in [5.74, 6) is -0.778. The molecule has 0 fully saturated rings. The SMILES string of the molecule is C=CCNc1nc(C(=O)O[C@H](C)C(=O)N2CCc3ccccc3C2)cs1. The van der Waals surface area contributed by atoms with E-state index in [1.54, 1.807) is 23.3 Å². The zero-order valence-electron chi connectivity index (χ0n) is 14.6. The molecule has 1 atom stereocenters. The molecule has 6 nitrogen and oxygen atoms in total. The molecule has 1 aromatic heterocycles. The third-order valence-corrected chi connectivity index (χ3v) is 4.98. The lowest BCUT2D eigenvalue weighted by Gasteiger charge is -2.30. The predicted octanol–water partition coefficient (Wildman–Crippen LogP) is 2.87. The third-order valence-electron chi connectivity index (χ3n) is 4.18. The van der Waals surface area contributed by atoms with Gasteiger partial charge in [-0.3, -0.25) is 4.79 Å². The summed E-state index contributed by atoms with van der Waals surface area (Å²) < 4.78 is 5.32. The summed E-state index contributed by atoms with van der Waals surface area (Å²) in [6.07, 6.45) is 1.67. The molecule has 1 aliphatic heterocycles. The summed E-state index contributed by atoms with van der Waals surface area (Å²) >= 11 is 1.31. The molecule has 2 aromatic rings. The highest BCUT2D eigenvalue weighted by Crippen LogP contribution is 2.20. The van der Waals surface area contributed by atoms with Crippen LogP contribution in [0.2, 0.25) is 0 Å². The van der Waals surface area contributed by atoms with Crippen LogP contribution in [-0.4, -0.2) is 41.0 Å². The number of fused-ring (bicyclic) bond motifs is 1. The minimum absolute atomic E-state index is 0.187. The molecule has 1 aromatic carbocycles. The number of hydrogen-bond acceptors (Lipinski definition) is 6. The van der Waals surface area contributed by atoms with Crippen molar-refractivity contribution in [3.8, 4) is 0 Å². The quantitative estimate of drug-likeness (QED) is 0.624. The lowest BCUT2D eigenvalue weighted by molar-refractivity contribution is -0.140. The fourth-order valence-corrected chi connectivity index (χ4v) is 3.51. The zero-order chi connectivity index (χ0) is 18.5. The van der Waals surface area contributed by atoms with E-state index in [1.165, 1.54) is 16.9 Å². The molecule has 2 heterocycles. The topological polar surface area (TPSA) is 71.5 Å². The van der Waals surface area contributed by atoms with Gasteiger partial charge < -0.3 is 15.0 Å². The molecule has 7 heteroatoms. The number of carbonyl (C=O) groups excluding carboxylic acids is 2. The number of thiazole rings is 1. The van der Waals surface area contributed by atoms with Gasteiger partial charge in [-0.05, 0) is 24.5 Å². The second kappa shape index (κ2) is 8.14. The van der Waals surface area contributed by atoms with E-state index in [2.05, 4.69) is 22.9 Å². The summed E-state index contributed by atoms with van der Waals surface area (Å²) in [6.45, 7) is 6.95. The number of nitrogens with one attached hydrogen (secondary N) is 1. The van der Waals surface area contributed by atoms with Gasteiger partial charge in [0.15, 0.2) is 16.9 Å². The summed E-state index contributed by atoms with van der Waals surface area (Å²) in [5, 5.41) is 5.24. The van der Waals surface area contributed by atoms with Crippen LogP contribution in [0.15, 0.2) is 42.3 Å². The van der Waals surface area contributed by atoms with Crippen LogP contribution in [0.4, 0.5) is 5.13 Å². The van der Waals surface area contributed by atoms with Gasteiger partial charge in [0.05, 0.1) is 0 Å². The predicted molar refractivity (Wildman–Crippen MR) is 101 cm³/mol. The number of rotatable bonds is 6. The van der Waals surface area contributed by atoms with Crippen LogP contribution < -0.4 is 5.32 Å². The van der Waals surface area contributed by atoms with Crippen molar-refractivity contribution in [1.82, 2.24) is 9.88 Å². The Morgan fingerprint density at radius 3 is 2.96 bits per heavy atom. The van der Waals surface area contributed by atoms with Crippen molar-refractivity contribution in [2.24, 2.45) is 0 Å². The van der Waals surface area contributed by atoms with E-state index in [-0.39, 0.29) is 11.6 Å². The van der Waals surface area contributed by atoms with E-state index in [0.717, 1.165) is 12.0 Å². The molecule has 0 saturated carbocycles. The average Bonchev–Trinajstić information content (AvgIpc) is 3.14. The molecular weight excluding hydrogens is 350 g/mol. The van der Waals surface area contributed by atoms with Gasteiger partial charge in [-0.1, -0.05) is 30.3 Å². The van der Waals surface area contributed by atoms with Gasteiger partial charge >= 0.3 is 5.97 Å². The first-order chi connectivity index (χ1) is 12.6. The Kier molecular flexibility index (Phi) is 5.68. The maximum absolute atomic E-state index is 12.6. The van der Waals surface area contributed by atoms with Gasteiger partial charge in [0, 0.05) is 25.0 Å². The normalized spacial score (nSPS) is 14.3. The van der Waals surface area contributed by atoms with Crippen molar-refractivity contribution in [2.75, 3.05) is 18.4 Å². The number of benzene rings is 1. The van der Waals surface area contributed by atoms with Crippen LogP contribution in [0.5, 0.6) is 0 Å². The Labute approximate surface area is 156 Å². The van der Waals surface area contributed by atoms with E-state index >= 15 is 0 Å². The number of esters is 1. The molecule has 0 saturated heterocycles. The van der Waals surface area contributed by atoms with E-state index in [9.17, 15) is 9.59 Å². The molecule has 136 valence electrons. The standard InChI is InChI=1S/C19H21N3O3S/c1-3-9-20-19-21-16(12-26-19)18(24)25-13(2)17(23)22-10-8-14-6-4-5-7-15(14)11-22/h3-7,12-13H,1,8-11H2,2H3,(H,20,21)/t13-/m1/s1. The van der Waals surface area contributed by atoms with Gasteiger partial charge in [0.25, 0.3) is 5.91 Å². The number of carbonyl (C=O) groups is 2. The molecule has 1 amide bonds. The monoisotopic (exact) mass is 371 g/mol. The highest BCUT2D eigenvalue weighted by molar-refractivity contribution is 7.13. The first-order valence-electron chi connectivity index (χ1n) is 8.45. The van der Waals surface area contributed by atoms with Crippen LogP contribution in [-0.2, 0) is 22.5 Å². The number of amides is 1. The molecule has 26 heavy (non-hydrogen) atoms. The fraction of sp³-hybridized carbons (Fsp3) is 0.316. The summed E-state index contributed by atoms with van der Waals surface area (Å²) in [4.78, 5) is 30.8. The number of anilines is 1. The summed E-state index contributed by atoms with van der Waals surface area (Å²) in [6, 6.07) is 8.09. The van der Waals surface area contributed by atoms with Crippen LogP contribution >= 0.6 is 11.3 Å². The van der Waals surface area contributed by atoms with Crippen molar-refractivity contribution < 1.29 is 14.3 Å². The van der Waals surface area contributed by atoms with Crippen LogP contribution in [0, 0.1) is 0 Å². The Balaban J connectivity index is 1.58. The average molecular weight is 371 g/mol. The van der Waals surface area contributed by atoms with E-state index in [0.29, 0.717) is 24.8 Å². The van der Waals surface area contributed by atoms with Crippen LogP contribution in [0.1, 0.15) is 28.5 Å². The van der Waals surface area contributed by atoms with Crippen LogP contribution in [0.3, 0.4) is 0 Å². The van der Waals surface area contributed by atoms with Gasteiger partial charge in [0.1, 0.15) is 0 Å². The summed E-state index contributed by atoms with van der Waals surface area (Å²) in [5.41, 5.74) is 2.61. The fourth-order valence-electron chi connectivity index (χ4n) is 2.82. The minimum atomic E-state index is -0.848. The van der Waals surface area contributed by atoms with Crippen molar-refractivity contribution in [3.05, 3.63) is 59.1 Å². The van der Waals surface area contributed by atoms with Gasteiger partial charge in [0.2, 0.25) is 0 Å². The molecule has 3 rings (SSSR count). The first kappa shape index (κ1) is 18.1. The van der Waals surface area contributed by atoms with Gasteiger partial charge in [-0.2, -0.15) is 0 Å². The molecule has 0 aliphatic carbocycles. The van der Waals surface area contributed by atoms with E-state index < -0.39 is 12.1 Å². The zero-order valence-corrected chi connectivity index (χ0v) is 15.4. The van der Waals surface area contributed by atoms with Crippen LogP contribution in [0.25, 0.3) is 0 Å². The molecule has 1 N–H and O–H groups in total. The molecule has 0 radical (unpaired) electrons. The lowest BCUT2D eigenvalue weighted by atomic mass is 9.99. The van der Waals surface area contributed by atoms with Crippen molar-refractivity contribution >= 4 is 28.3 Å². The first-order valence-corrected chi connectivity index (χ1v) is 9.33. The lowest BCUT2D eigenvalue weighted by Crippen LogP contribution is -2.42. The largest absolute Gasteiger partial charge is 0.448 e. The maximum atomic E-state index is 12.6. The van der Waals surface area contributed by atoms with Gasteiger partial charge in [-0.25, -0.2) is 9.78 Å². The molecule has 0 bridgehead atoms. The third kappa shape index (κ3) is 4.11. The maximum Gasteiger partial charge on any atom is 0.358 e. The number of ether oxygens (including phenoxy) is 1. The van der Waals surface area contributed by atoms with E-state index in [4.69, 9.17) is 4.74 Å². The number of hydrogen-bond donors (Lipinski definition) is 1. The van der Waals surface area contributed by atoms with Crippen molar-refractivity contribution in [1.29, 1.82) is 0 Å². The van der Waals surface area contributed by atoms with E-state index in [1.807, 2.05) is 18.2 Å². The Morgan fingerprint density at radius 1 is 1.42 bits per heavy atom. The Hall–Kier alpha value is -2.67. The highest BCUT2D eigenvalue weighted by Gasteiger charge is 2.27. The number of nitrogens with zero attached hydrogens (tertiary/aromatic N) is 2. The Morgan fingerprint density at radius 2 is 2.19 bits per heavy atom. The van der Waals surface area contributed by atoms with Crippen molar-refractivity contribution in [3.63, 3.8) is 0 Å². The molecule has 1 aliphatic rings. The molecule has 0 unspecified atom stereocenters. The number of aromatic nitrogens is 1. The molecular formula is C19H21N3O3S. The van der Waals surface area contributed by atoms with Crippen molar-refractivity contribution in [2.45, 2.75) is 26.0 Å².